The minimum absolute atomic E-state index is 0.0459. The molecular weight excluding hydrogens is 413 g/mol. The van der Waals surface area contributed by atoms with Crippen molar-refractivity contribution in [3.8, 4) is 23.0 Å². The number of anilines is 1. The summed E-state index contributed by atoms with van der Waals surface area (Å²) in [6, 6.07) is 20.9. The van der Waals surface area contributed by atoms with Crippen LogP contribution in [0.25, 0.3) is 11.5 Å². The van der Waals surface area contributed by atoms with Gasteiger partial charge in [-0.2, -0.15) is 0 Å². The van der Waals surface area contributed by atoms with Crippen LogP contribution in [0.1, 0.15) is 10.4 Å². The van der Waals surface area contributed by atoms with Crippen molar-refractivity contribution in [2.24, 2.45) is 0 Å². The molecule has 0 unspecified atom stereocenters. The van der Waals surface area contributed by atoms with Gasteiger partial charge in [-0.3, -0.25) is 10.1 Å². The van der Waals surface area contributed by atoms with E-state index in [1.54, 1.807) is 42.5 Å². The molecule has 144 valence electrons. The Bertz CT molecular complexity index is 1140. The van der Waals surface area contributed by atoms with E-state index in [4.69, 9.17) is 32.4 Å². The molecule has 0 radical (unpaired) electrons. The maximum Gasteiger partial charge on any atom is 0.322 e. The number of aromatic nitrogens is 2. The van der Waals surface area contributed by atoms with E-state index in [0.717, 1.165) is 0 Å². The average Bonchev–Trinajstić information content (AvgIpc) is 3.17. The van der Waals surface area contributed by atoms with Gasteiger partial charge in [-0.25, -0.2) is 0 Å². The second-order valence-corrected chi connectivity index (χ2v) is 6.84. The fourth-order valence-corrected chi connectivity index (χ4v) is 3.09. The second-order valence-electron chi connectivity index (χ2n) is 5.97. The molecule has 0 saturated carbocycles. The van der Waals surface area contributed by atoms with Gasteiger partial charge in [-0.05, 0) is 48.5 Å². The first-order valence-corrected chi connectivity index (χ1v) is 9.27. The van der Waals surface area contributed by atoms with E-state index < -0.39 is 5.91 Å². The standard InChI is InChI=1S/C21H13Cl2N3O3/c22-15-9-14(10-16(23)12-15)20-25-26-21(29-20)24-19(27)13-5-4-8-18(11-13)28-17-6-2-1-3-7-17/h1-12H,(H,24,26,27). The van der Waals surface area contributed by atoms with E-state index in [0.29, 0.717) is 32.7 Å². The number of halogens is 2. The minimum Gasteiger partial charge on any atom is -0.457 e. The number of para-hydroxylation sites is 1. The molecule has 3 aromatic carbocycles. The highest BCUT2D eigenvalue weighted by atomic mass is 35.5. The quantitative estimate of drug-likeness (QED) is 0.418. The number of hydrogen-bond donors (Lipinski definition) is 1. The monoisotopic (exact) mass is 425 g/mol. The van der Waals surface area contributed by atoms with Gasteiger partial charge in [0, 0.05) is 21.2 Å². The predicted octanol–water partition coefficient (Wildman–Crippen LogP) is 6.09. The largest absolute Gasteiger partial charge is 0.457 e. The van der Waals surface area contributed by atoms with Crippen LogP contribution < -0.4 is 10.1 Å². The zero-order valence-electron chi connectivity index (χ0n) is 14.8. The molecule has 0 atom stereocenters. The van der Waals surface area contributed by atoms with E-state index in [1.807, 2.05) is 30.3 Å². The number of nitrogens with one attached hydrogen (secondary N) is 1. The number of benzene rings is 3. The van der Waals surface area contributed by atoms with E-state index in [9.17, 15) is 4.79 Å². The van der Waals surface area contributed by atoms with Crippen molar-refractivity contribution in [1.29, 1.82) is 0 Å². The number of carbonyl (C=O) groups is 1. The van der Waals surface area contributed by atoms with Gasteiger partial charge in [0.15, 0.2) is 0 Å². The van der Waals surface area contributed by atoms with Crippen LogP contribution in [0.3, 0.4) is 0 Å². The lowest BCUT2D eigenvalue weighted by Crippen LogP contribution is -2.12. The van der Waals surface area contributed by atoms with Crippen molar-refractivity contribution in [3.63, 3.8) is 0 Å². The van der Waals surface area contributed by atoms with Gasteiger partial charge in [0.25, 0.3) is 5.91 Å². The lowest BCUT2D eigenvalue weighted by atomic mass is 10.2. The summed E-state index contributed by atoms with van der Waals surface area (Å²) in [5.41, 5.74) is 0.928. The summed E-state index contributed by atoms with van der Waals surface area (Å²) in [5, 5.41) is 11.2. The average molecular weight is 426 g/mol. The summed E-state index contributed by atoms with van der Waals surface area (Å²) >= 11 is 12.0. The maximum atomic E-state index is 12.5. The fraction of sp³-hybridized carbons (Fsp3) is 0. The van der Waals surface area contributed by atoms with Gasteiger partial charge in [-0.15, -0.1) is 5.10 Å². The summed E-state index contributed by atoms with van der Waals surface area (Å²) in [6.07, 6.45) is 0. The molecule has 1 aromatic heterocycles. The Morgan fingerprint density at radius 1 is 0.862 bits per heavy atom. The zero-order chi connectivity index (χ0) is 20.2. The van der Waals surface area contributed by atoms with Crippen LogP contribution in [0, 0.1) is 0 Å². The van der Waals surface area contributed by atoms with Crippen molar-refractivity contribution >= 4 is 35.1 Å². The molecular formula is C21H13Cl2N3O3. The van der Waals surface area contributed by atoms with Gasteiger partial charge in [-0.1, -0.05) is 52.6 Å². The summed E-state index contributed by atoms with van der Waals surface area (Å²) < 4.78 is 11.2. The Labute approximate surface area is 176 Å². The van der Waals surface area contributed by atoms with Gasteiger partial charge in [0.05, 0.1) is 0 Å². The maximum absolute atomic E-state index is 12.5. The van der Waals surface area contributed by atoms with Crippen molar-refractivity contribution in [2.45, 2.75) is 0 Å². The molecule has 1 amide bonds. The molecule has 0 aliphatic carbocycles. The second kappa shape index (κ2) is 8.34. The third-order valence-electron chi connectivity index (χ3n) is 3.83. The lowest BCUT2D eigenvalue weighted by Gasteiger charge is -2.07. The molecule has 8 heteroatoms. The first-order valence-electron chi connectivity index (χ1n) is 8.51. The molecule has 0 bridgehead atoms. The fourth-order valence-electron chi connectivity index (χ4n) is 2.56. The van der Waals surface area contributed by atoms with Crippen molar-refractivity contribution in [2.75, 3.05) is 5.32 Å². The number of ether oxygens (including phenoxy) is 1. The number of carbonyl (C=O) groups excluding carboxylic acids is 1. The van der Waals surface area contributed by atoms with Crippen LogP contribution in [0.2, 0.25) is 10.0 Å². The summed E-state index contributed by atoms with van der Waals surface area (Å²) in [5.74, 6) is 0.976. The van der Waals surface area contributed by atoms with E-state index in [-0.39, 0.29) is 11.9 Å². The third kappa shape index (κ3) is 4.74. The first kappa shape index (κ1) is 19.0. The van der Waals surface area contributed by atoms with E-state index >= 15 is 0 Å². The molecule has 4 rings (SSSR count). The third-order valence-corrected chi connectivity index (χ3v) is 4.27. The SMILES string of the molecule is O=C(Nc1nnc(-c2cc(Cl)cc(Cl)c2)o1)c1cccc(Oc2ccccc2)c1. The molecule has 0 aliphatic rings. The van der Waals surface area contributed by atoms with E-state index in [2.05, 4.69) is 15.5 Å². The van der Waals surface area contributed by atoms with Crippen LogP contribution in [0.15, 0.2) is 77.2 Å². The van der Waals surface area contributed by atoms with Crippen LogP contribution in [-0.2, 0) is 0 Å². The van der Waals surface area contributed by atoms with Crippen LogP contribution in [0.4, 0.5) is 6.01 Å². The molecule has 29 heavy (non-hydrogen) atoms. The minimum atomic E-state index is -0.414. The Morgan fingerprint density at radius 2 is 1.59 bits per heavy atom. The highest BCUT2D eigenvalue weighted by molar-refractivity contribution is 6.35. The van der Waals surface area contributed by atoms with Gasteiger partial charge < -0.3 is 9.15 Å². The summed E-state index contributed by atoms with van der Waals surface area (Å²) in [4.78, 5) is 12.5. The predicted molar refractivity (Wildman–Crippen MR) is 111 cm³/mol. The van der Waals surface area contributed by atoms with Crippen molar-refractivity contribution < 1.29 is 13.9 Å². The molecule has 0 spiro atoms. The molecule has 0 aliphatic heterocycles. The van der Waals surface area contributed by atoms with Gasteiger partial charge >= 0.3 is 6.01 Å². The van der Waals surface area contributed by atoms with Crippen molar-refractivity contribution in [1.82, 2.24) is 10.2 Å². The molecule has 0 fully saturated rings. The van der Waals surface area contributed by atoms with E-state index in [1.165, 1.54) is 0 Å². The Hall–Kier alpha value is -3.35. The number of amides is 1. The number of nitrogens with zero attached hydrogens (tertiary/aromatic N) is 2. The zero-order valence-corrected chi connectivity index (χ0v) is 16.3. The first-order chi connectivity index (χ1) is 14.1. The Balaban J connectivity index is 1.48. The van der Waals surface area contributed by atoms with Crippen molar-refractivity contribution in [3.05, 3.63) is 88.4 Å². The van der Waals surface area contributed by atoms with Gasteiger partial charge in [0.1, 0.15) is 11.5 Å². The smallest absolute Gasteiger partial charge is 0.322 e. The number of hydrogen-bond acceptors (Lipinski definition) is 5. The van der Waals surface area contributed by atoms with Crippen LogP contribution in [-0.4, -0.2) is 16.1 Å². The Kier molecular flexibility index (Phi) is 5.46. The van der Waals surface area contributed by atoms with Crippen LogP contribution >= 0.6 is 23.2 Å². The highest BCUT2D eigenvalue weighted by Gasteiger charge is 2.14. The summed E-state index contributed by atoms with van der Waals surface area (Å²) in [7, 11) is 0. The van der Waals surface area contributed by atoms with Crippen LogP contribution in [0.5, 0.6) is 11.5 Å². The molecule has 6 nitrogen and oxygen atoms in total. The normalized spacial score (nSPS) is 10.6. The highest BCUT2D eigenvalue weighted by Crippen LogP contribution is 2.27. The topological polar surface area (TPSA) is 77.3 Å². The molecule has 4 aromatic rings. The van der Waals surface area contributed by atoms with Gasteiger partial charge in [0.2, 0.25) is 5.89 Å². The molecule has 1 heterocycles. The molecule has 0 saturated heterocycles. The Morgan fingerprint density at radius 3 is 2.34 bits per heavy atom. The summed E-state index contributed by atoms with van der Waals surface area (Å²) in [6.45, 7) is 0. The lowest BCUT2D eigenvalue weighted by molar-refractivity contribution is 0.102. The molecule has 1 N–H and O–H groups in total. The number of rotatable bonds is 5.